The van der Waals surface area contributed by atoms with Crippen LogP contribution >= 0.6 is 0 Å². The van der Waals surface area contributed by atoms with Crippen LogP contribution in [-0.4, -0.2) is 60.2 Å². The zero-order valence-electron chi connectivity index (χ0n) is 17.5. The van der Waals surface area contributed by atoms with Crippen LogP contribution < -0.4 is 10.6 Å². The number of rotatable bonds is 11. The molecule has 0 saturated carbocycles. The third-order valence-corrected chi connectivity index (χ3v) is 5.01. The summed E-state index contributed by atoms with van der Waals surface area (Å²) in [4.78, 5) is 11.4. The largest absolute Gasteiger partial charge is 0.356 e. The molecule has 2 aromatic rings. The van der Waals surface area contributed by atoms with Crippen LogP contribution in [0.1, 0.15) is 38.9 Å². The average molecular weight is 373 g/mol. The fraction of sp³-hybridized carbons (Fsp3) is 0.619. The summed E-state index contributed by atoms with van der Waals surface area (Å²) in [6.07, 6.45) is 3.42. The molecule has 0 atom stereocenters. The van der Waals surface area contributed by atoms with Gasteiger partial charge in [0.25, 0.3) is 0 Å². The lowest BCUT2D eigenvalue weighted by atomic mass is 10.3. The number of aromatic nitrogens is 2. The summed E-state index contributed by atoms with van der Waals surface area (Å²) in [5.74, 6) is 1.97. The number of nitrogens with zero attached hydrogens (tertiary/aromatic N) is 4. The minimum absolute atomic E-state index is 0.894. The van der Waals surface area contributed by atoms with Gasteiger partial charge in [-0.2, -0.15) is 0 Å². The number of aryl methyl sites for hydroxylation is 2. The van der Waals surface area contributed by atoms with Crippen LogP contribution in [0.15, 0.2) is 29.3 Å². The summed E-state index contributed by atoms with van der Waals surface area (Å²) in [6.45, 7) is 12.8. The van der Waals surface area contributed by atoms with Gasteiger partial charge in [-0.3, -0.25) is 4.99 Å². The highest BCUT2D eigenvalue weighted by atomic mass is 15.2. The molecule has 0 unspecified atom stereocenters. The van der Waals surface area contributed by atoms with Gasteiger partial charge in [0.2, 0.25) is 0 Å². The van der Waals surface area contributed by atoms with Crippen LogP contribution in [0.25, 0.3) is 11.0 Å². The minimum Gasteiger partial charge on any atom is -0.356 e. The first-order chi connectivity index (χ1) is 13.2. The Bertz CT molecular complexity index is 702. The number of guanidine groups is 1. The smallest absolute Gasteiger partial charge is 0.190 e. The van der Waals surface area contributed by atoms with Crippen molar-refractivity contribution in [1.82, 2.24) is 25.1 Å². The summed E-state index contributed by atoms with van der Waals surface area (Å²) < 4.78 is 2.29. The maximum absolute atomic E-state index is 4.63. The van der Waals surface area contributed by atoms with Crippen molar-refractivity contribution in [2.75, 3.05) is 39.8 Å². The molecule has 6 nitrogen and oxygen atoms in total. The molecule has 1 aromatic carbocycles. The Balaban J connectivity index is 1.65. The molecule has 0 bridgehead atoms. The molecule has 1 heterocycles. The van der Waals surface area contributed by atoms with Crippen molar-refractivity contribution in [3.63, 3.8) is 0 Å². The van der Waals surface area contributed by atoms with Gasteiger partial charge < -0.3 is 20.1 Å². The van der Waals surface area contributed by atoms with E-state index in [1.54, 1.807) is 0 Å². The highest BCUT2D eigenvalue weighted by Gasteiger charge is 2.06. The minimum atomic E-state index is 0.894. The van der Waals surface area contributed by atoms with Gasteiger partial charge in [-0.25, -0.2) is 4.98 Å². The van der Waals surface area contributed by atoms with Crippen LogP contribution in [0, 0.1) is 6.92 Å². The molecular weight excluding hydrogens is 336 g/mol. The highest BCUT2D eigenvalue weighted by Crippen LogP contribution is 2.15. The molecule has 0 aliphatic heterocycles. The SMILES string of the molecule is CCN(CC)CCCCNC(=NC)NCCCn1c(C)nc2ccccc21. The zero-order valence-corrected chi connectivity index (χ0v) is 17.5. The second-order valence-corrected chi connectivity index (χ2v) is 6.81. The van der Waals surface area contributed by atoms with E-state index in [2.05, 4.69) is 69.0 Å². The Hall–Kier alpha value is -2.08. The number of hydrogen-bond acceptors (Lipinski definition) is 3. The number of aliphatic imine (C=N–C) groups is 1. The van der Waals surface area contributed by atoms with Crippen molar-refractivity contribution in [3.05, 3.63) is 30.1 Å². The Morgan fingerprint density at radius 3 is 2.48 bits per heavy atom. The lowest BCUT2D eigenvalue weighted by molar-refractivity contribution is 0.297. The van der Waals surface area contributed by atoms with Gasteiger partial charge in [-0.05, 0) is 58.0 Å². The van der Waals surface area contributed by atoms with E-state index >= 15 is 0 Å². The number of hydrogen-bond donors (Lipinski definition) is 2. The molecule has 1 aromatic heterocycles. The molecule has 0 spiro atoms. The monoisotopic (exact) mass is 372 g/mol. The van der Waals surface area contributed by atoms with Crippen molar-refractivity contribution in [2.24, 2.45) is 4.99 Å². The maximum atomic E-state index is 4.63. The summed E-state index contributed by atoms with van der Waals surface area (Å²) in [5, 5.41) is 6.83. The lowest BCUT2D eigenvalue weighted by Crippen LogP contribution is -2.38. The van der Waals surface area contributed by atoms with Crippen molar-refractivity contribution in [3.8, 4) is 0 Å². The average Bonchev–Trinajstić information content (AvgIpc) is 3.01. The summed E-state index contributed by atoms with van der Waals surface area (Å²) in [6, 6.07) is 8.33. The Kier molecular flexibility index (Phi) is 9.11. The van der Waals surface area contributed by atoms with Crippen molar-refractivity contribution in [1.29, 1.82) is 0 Å². The molecule has 2 rings (SSSR count). The number of para-hydroxylation sites is 2. The Morgan fingerprint density at radius 1 is 1.07 bits per heavy atom. The van der Waals surface area contributed by atoms with Crippen molar-refractivity contribution < 1.29 is 0 Å². The first-order valence-electron chi connectivity index (χ1n) is 10.3. The van der Waals surface area contributed by atoms with E-state index in [-0.39, 0.29) is 0 Å². The van der Waals surface area contributed by atoms with Gasteiger partial charge >= 0.3 is 0 Å². The summed E-state index contributed by atoms with van der Waals surface area (Å²) in [5.41, 5.74) is 2.29. The standard InChI is InChI=1S/C21H36N6/c1-5-26(6-2)16-10-9-14-23-21(22-4)24-15-11-17-27-18(3)25-19-12-7-8-13-20(19)27/h7-8,12-13H,5-6,9-11,14-17H2,1-4H3,(H2,22,23,24). The van der Waals surface area contributed by atoms with Crippen molar-refractivity contribution in [2.45, 2.75) is 46.6 Å². The van der Waals surface area contributed by atoms with E-state index in [9.17, 15) is 0 Å². The number of benzene rings is 1. The van der Waals surface area contributed by atoms with Crippen LogP contribution in [-0.2, 0) is 6.54 Å². The van der Waals surface area contributed by atoms with E-state index in [0.717, 1.165) is 62.9 Å². The van der Waals surface area contributed by atoms with Crippen LogP contribution in [0.4, 0.5) is 0 Å². The van der Waals surface area contributed by atoms with E-state index in [4.69, 9.17) is 0 Å². The third-order valence-electron chi connectivity index (χ3n) is 5.01. The second-order valence-electron chi connectivity index (χ2n) is 6.81. The third kappa shape index (κ3) is 6.54. The zero-order chi connectivity index (χ0) is 19.5. The molecular formula is C21H36N6. The van der Waals surface area contributed by atoms with E-state index in [0.29, 0.717) is 0 Å². The highest BCUT2D eigenvalue weighted by molar-refractivity contribution is 5.79. The summed E-state index contributed by atoms with van der Waals surface area (Å²) in [7, 11) is 1.83. The van der Waals surface area contributed by atoms with Gasteiger partial charge in [0.05, 0.1) is 11.0 Å². The molecule has 150 valence electrons. The molecule has 0 aliphatic carbocycles. The molecule has 2 N–H and O–H groups in total. The second kappa shape index (κ2) is 11.6. The van der Waals surface area contributed by atoms with Crippen LogP contribution in [0.3, 0.4) is 0 Å². The van der Waals surface area contributed by atoms with Crippen LogP contribution in [0.2, 0.25) is 0 Å². The van der Waals surface area contributed by atoms with Gasteiger partial charge in [-0.15, -0.1) is 0 Å². The maximum Gasteiger partial charge on any atom is 0.190 e. The number of unbranched alkanes of at least 4 members (excludes halogenated alkanes) is 1. The predicted molar refractivity (Wildman–Crippen MR) is 115 cm³/mol. The van der Waals surface area contributed by atoms with E-state index in [1.807, 2.05) is 13.1 Å². The Morgan fingerprint density at radius 2 is 1.78 bits per heavy atom. The normalized spacial score (nSPS) is 12.1. The first kappa shape index (κ1) is 21.2. The first-order valence-corrected chi connectivity index (χ1v) is 10.3. The van der Waals surface area contributed by atoms with Gasteiger partial charge in [0.1, 0.15) is 5.82 Å². The lowest BCUT2D eigenvalue weighted by Gasteiger charge is -2.18. The fourth-order valence-electron chi connectivity index (χ4n) is 3.35. The predicted octanol–water partition coefficient (Wildman–Crippen LogP) is 3.02. The fourth-order valence-corrected chi connectivity index (χ4v) is 3.35. The van der Waals surface area contributed by atoms with Gasteiger partial charge in [0.15, 0.2) is 5.96 Å². The summed E-state index contributed by atoms with van der Waals surface area (Å²) >= 11 is 0. The molecule has 0 fully saturated rings. The van der Waals surface area contributed by atoms with E-state index < -0.39 is 0 Å². The molecule has 0 amide bonds. The Labute approximate surface area is 164 Å². The van der Waals surface area contributed by atoms with E-state index in [1.165, 1.54) is 18.5 Å². The quantitative estimate of drug-likeness (QED) is 0.362. The molecule has 0 radical (unpaired) electrons. The number of fused-ring (bicyclic) bond motifs is 1. The number of nitrogens with one attached hydrogen (secondary N) is 2. The van der Waals surface area contributed by atoms with Gasteiger partial charge in [-0.1, -0.05) is 26.0 Å². The number of imidazole rings is 1. The van der Waals surface area contributed by atoms with Crippen LogP contribution in [0.5, 0.6) is 0 Å². The molecule has 0 aliphatic rings. The van der Waals surface area contributed by atoms with Gasteiger partial charge in [0, 0.05) is 26.7 Å². The molecule has 27 heavy (non-hydrogen) atoms. The van der Waals surface area contributed by atoms with Crippen molar-refractivity contribution >= 4 is 17.0 Å². The topological polar surface area (TPSA) is 57.5 Å². The molecule has 0 saturated heterocycles. The molecule has 6 heteroatoms.